The van der Waals surface area contributed by atoms with Crippen LogP contribution in [-0.2, 0) is 20.5 Å². The van der Waals surface area contributed by atoms with Crippen LogP contribution in [-0.4, -0.2) is 20.5 Å². The second-order valence-corrected chi connectivity index (χ2v) is 10.9. The summed E-state index contributed by atoms with van der Waals surface area (Å²) in [6.07, 6.45) is -5.10. The fraction of sp³-hybridized carbons (Fsp3) is 0.107. The normalized spacial score (nSPS) is 17.5. The number of hydrogen-bond donors (Lipinski definition) is 1. The maximum Gasteiger partial charge on any atom is 0.455 e. The lowest BCUT2D eigenvalue weighted by Crippen LogP contribution is -2.54. The predicted octanol–water partition coefficient (Wildman–Crippen LogP) is 7.06. The van der Waals surface area contributed by atoms with Crippen LogP contribution in [0.15, 0.2) is 113 Å². The topological polar surface area (TPSA) is 71.0 Å². The van der Waals surface area contributed by atoms with Gasteiger partial charge in [0.25, 0.3) is 10.0 Å². The maximum absolute atomic E-state index is 15.3. The number of hydrogen-bond acceptors (Lipinski definition) is 5. The summed E-state index contributed by atoms with van der Waals surface area (Å²) in [6, 6.07) is 24.9. The van der Waals surface area contributed by atoms with E-state index in [1.165, 1.54) is 54.6 Å². The van der Waals surface area contributed by atoms with Crippen molar-refractivity contribution >= 4 is 38.9 Å². The Morgan fingerprint density at radius 3 is 2.23 bits per heavy atom. The lowest BCUT2D eigenvalue weighted by atomic mass is 9.98. The molecule has 6 nitrogen and oxygen atoms in total. The highest BCUT2D eigenvalue weighted by Crippen LogP contribution is 2.52. The molecule has 1 unspecified atom stereocenters. The molecule has 4 aromatic carbocycles. The Morgan fingerprint density at radius 1 is 0.897 bits per heavy atom. The number of ether oxygens (including phenoxy) is 1. The van der Waals surface area contributed by atoms with Gasteiger partial charge in [0.2, 0.25) is 5.90 Å². The summed E-state index contributed by atoms with van der Waals surface area (Å²) in [6.45, 7) is 1.79. The molecule has 1 heterocycles. The summed E-state index contributed by atoms with van der Waals surface area (Å²) in [5.74, 6) is -0.338. The quantitative estimate of drug-likeness (QED) is 0.269. The number of anilines is 2. The third kappa shape index (κ3) is 4.93. The van der Waals surface area contributed by atoms with Gasteiger partial charge in [-0.2, -0.15) is 13.2 Å². The Hall–Kier alpha value is -4.02. The van der Waals surface area contributed by atoms with Gasteiger partial charge in [-0.3, -0.25) is 4.72 Å². The molecule has 0 amide bonds. The number of halogens is 4. The number of rotatable bonds is 6. The molecule has 0 saturated heterocycles. The SMILES string of the molecule is Cc1ccc(S(=O)(=O)Nc2ccccc2C2(C(F)(F)F)OC(c3cccc(Cl)c3)=NN2c2ccccc2)cc1. The molecule has 39 heavy (non-hydrogen) atoms. The summed E-state index contributed by atoms with van der Waals surface area (Å²) in [4.78, 5) is -0.105. The molecule has 0 aliphatic carbocycles. The molecule has 200 valence electrons. The summed E-state index contributed by atoms with van der Waals surface area (Å²) in [5, 5.41) is 5.23. The first-order valence-electron chi connectivity index (χ1n) is 11.7. The predicted molar refractivity (Wildman–Crippen MR) is 144 cm³/mol. The van der Waals surface area contributed by atoms with Gasteiger partial charge in [-0.1, -0.05) is 71.8 Å². The van der Waals surface area contributed by atoms with Gasteiger partial charge in [-0.05, 0) is 55.5 Å². The van der Waals surface area contributed by atoms with Crippen LogP contribution in [0.25, 0.3) is 0 Å². The molecule has 1 N–H and O–H groups in total. The summed E-state index contributed by atoms with van der Waals surface area (Å²) in [7, 11) is -4.25. The minimum absolute atomic E-state index is 0.0723. The van der Waals surface area contributed by atoms with Crippen LogP contribution in [0.4, 0.5) is 24.5 Å². The van der Waals surface area contributed by atoms with Gasteiger partial charge in [0.15, 0.2) is 0 Å². The highest BCUT2D eigenvalue weighted by molar-refractivity contribution is 7.92. The molecule has 0 aromatic heterocycles. The van der Waals surface area contributed by atoms with Crippen LogP contribution in [0.5, 0.6) is 0 Å². The standard InChI is InChI=1S/C28H21ClF3N3O3S/c1-19-14-16-23(17-15-19)39(36,37)34-25-13-6-5-12-24(25)27(28(30,31)32)35(22-10-3-2-4-11-22)33-26(38-27)20-8-7-9-21(29)18-20/h2-18,34H,1H3. The number of aryl methyl sites for hydroxylation is 1. The van der Waals surface area contributed by atoms with Crippen LogP contribution >= 0.6 is 11.6 Å². The van der Waals surface area contributed by atoms with Gasteiger partial charge in [0, 0.05) is 10.6 Å². The minimum atomic E-state index is -5.10. The summed E-state index contributed by atoms with van der Waals surface area (Å²) >= 11 is 6.10. The van der Waals surface area contributed by atoms with E-state index in [1.807, 2.05) is 0 Å². The van der Waals surface area contributed by atoms with Crippen molar-refractivity contribution in [1.82, 2.24) is 0 Å². The molecule has 0 radical (unpaired) electrons. The van der Waals surface area contributed by atoms with Crippen molar-refractivity contribution in [3.05, 3.63) is 125 Å². The largest absolute Gasteiger partial charge is 0.455 e. The zero-order valence-corrected chi connectivity index (χ0v) is 21.9. The van der Waals surface area contributed by atoms with Gasteiger partial charge in [-0.15, -0.1) is 5.10 Å². The molecule has 1 aliphatic heterocycles. The van der Waals surface area contributed by atoms with Crippen molar-refractivity contribution in [2.24, 2.45) is 5.10 Å². The van der Waals surface area contributed by atoms with Crippen molar-refractivity contribution in [3.63, 3.8) is 0 Å². The number of para-hydroxylation sites is 2. The smallest absolute Gasteiger partial charge is 0.433 e. The Balaban J connectivity index is 1.70. The highest BCUT2D eigenvalue weighted by atomic mass is 35.5. The number of hydrazone groups is 1. The van der Waals surface area contributed by atoms with Gasteiger partial charge < -0.3 is 4.74 Å². The zero-order valence-electron chi connectivity index (χ0n) is 20.4. The van der Waals surface area contributed by atoms with Gasteiger partial charge in [-0.25, -0.2) is 13.4 Å². The van der Waals surface area contributed by atoms with E-state index in [9.17, 15) is 8.42 Å². The Bertz CT molecular complexity index is 1650. The third-order valence-electron chi connectivity index (χ3n) is 6.06. The minimum Gasteiger partial charge on any atom is -0.433 e. The van der Waals surface area contributed by atoms with E-state index >= 15 is 13.2 Å². The van der Waals surface area contributed by atoms with Crippen molar-refractivity contribution in [2.45, 2.75) is 23.7 Å². The van der Waals surface area contributed by atoms with E-state index in [4.69, 9.17) is 16.3 Å². The molecule has 11 heteroatoms. The van der Waals surface area contributed by atoms with Crippen molar-refractivity contribution in [3.8, 4) is 0 Å². The molecule has 4 aromatic rings. The van der Waals surface area contributed by atoms with E-state index in [-0.39, 0.29) is 32.8 Å². The molecule has 0 saturated carbocycles. The lowest BCUT2D eigenvalue weighted by Gasteiger charge is -2.38. The second kappa shape index (κ2) is 9.94. The zero-order chi connectivity index (χ0) is 27.8. The fourth-order valence-corrected chi connectivity index (χ4v) is 5.47. The van der Waals surface area contributed by atoms with E-state index in [0.29, 0.717) is 5.01 Å². The molecule has 5 rings (SSSR count). The summed E-state index contributed by atoms with van der Waals surface area (Å²) < 4.78 is 80.5. The number of nitrogens with zero attached hydrogens (tertiary/aromatic N) is 2. The van der Waals surface area contributed by atoms with Crippen LogP contribution in [0.2, 0.25) is 5.02 Å². The number of benzene rings is 4. The molecular formula is C28H21ClF3N3O3S. The highest BCUT2D eigenvalue weighted by Gasteiger charge is 2.67. The molecule has 0 bridgehead atoms. The van der Waals surface area contributed by atoms with Crippen molar-refractivity contribution in [2.75, 3.05) is 9.73 Å². The Labute approximate surface area is 228 Å². The second-order valence-electron chi connectivity index (χ2n) is 8.77. The molecule has 0 spiro atoms. The summed E-state index contributed by atoms with van der Waals surface area (Å²) in [5.41, 5.74) is -2.93. The van der Waals surface area contributed by atoms with Crippen LogP contribution in [0.3, 0.4) is 0 Å². The van der Waals surface area contributed by atoms with E-state index in [1.54, 1.807) is 49.4 Å². The molecule has 1 atom stereocenters. The van der Waals surface area contributed by atoms with Crippen LogP contribution in [0, 0.1) is 6.92 Å². The monoisotopic (exact) mass is 571 g/mol. The number of nitrogens with one attached hydrogen (secondary N) is 1. The van der Waals surface area contributed by atoms with Crippen LogP contribution < -0.4 is 9.73 Å². The first-order valence-corrected chi connectivity index (χ1v) is 13.5. The van der Waals surface area contributed by atoms with Crippen LogP contribution in [0.1, 0.15) is 16.7 Å². The first kappa shape index (κ1) is 26.6. The van der Waals surface area contributed by atoms with E-state index < -0.39 is 27.5 Å². The molecular weight excluding hydrogens is 551 g/mol. The average molecular weight is 572 g/mol. The van der Waals surface area contributed by atoms with Gasteiger partial charge >= 0.3 is 11.9 Å². The van der Waals surface area contributed by atoms with Crippen molar-refractivity contribution in [1.29, 1.82) is 0 Å². The molecule has 0 fully saturated rings. The lowest BCUT2D eigenvalue weighted by molar-refractivity contribution is -0.253. The molecule has 1 aliphatic rings. The van der Waals surface area contributed by atoms with E-state index in [2.05, 4.69) is 9.82 Å². The third-order valence-corrected chi connectivity index (χ3v) is 7.67. The Kier molecular flexibility index (Phi) is 6.77. The van der Waals surface area contributed by atoms with Crippen molar-refractivity contribution < 1.29 is 26.3 Å². The number of alkyl halides is 3. The average Bonchev–Trinajstić information content (AvgIpc) is 3.32. The Morgan fingerprint density at radius 2 is 1.56 bits per heavy atom. The first-order chi connectivity index (χ1) is 18.5. The van der Waals surface area contributed by atoms with E-state index in [0.717, 1.165) is 11.6 Å². The fourth-order valence-electron chi connectivity index (χ4n) is 4.20. The number of sulfonamides is 1. The van der Waals surface area contributed by atoms with Gasteiger partial charge in [0.1, 0.15) is 0 Å². The maximum atomic E-state index is 15.3. The van der Waals surface area contributed by atoms with Gasteiger partial charge in [0.05, 0.1) is 21.8 Å².